The van der Waals surface area contributed by atoms with E-state index in [4.69, 9.17) is 16.3 Å². The highest BCUT2D eigenvalue weighted by molar-refractivity contribution is 6.34. The third-order valence-electron chi connectivity index (χ3n) is 4.58. The molecule has 0 N–H and O–H groups in total. The minimum atomic E-state index is -0.402. The van der Waals surface area contributed by atoms with E-state index in [2.05, 4.69) is 10.00 Å². The summed E-state index contributed by atoms with van der Waals surface area (Å²) in [4.78, 5) is 15.4. The summed E-state index contributed by atoms with van der Waals surface area (Å²) in [7, 11) is 1.78. The fraction of sp³-hybridized carbons (Fsp3) is 0.714. The average molecular weight is 298 g/mol. The molecular formula is C14H20ClN3O2. The minimum absolute atomic E-state index is 0.127. The molecule has 1 aliphatic heterocycles. The van der Waals surface area contributed by atoms with Crippen molar-refractivity contribution in [2.75, 3.05) is 26.3 Å². The van der Waals surface area contributed by atoms with E-state index < -0.39 is 5.54 Å². The Bertz CT molecular complexity index is 483. The zero-order valence-corrected chi connectivity index (χ0v) is 12.5. The van der Waals surface area contributed by atoms with Crippen molar-refractivity contribution in [1.82, 2.24) is 14.7 Å². The third-order valence-corrected chi connectivity index (χ3v) is 4.86. The molecule has 1 aromatic heterocycles. The van der Waals surface area contributed by atoms with Gasteiger partial charge in [-0.3, -0.25) is 14.4 Å². The molecule has 0 amide bonds. The lowest BCUT2D eigenvalue weighted by atomic mass is 9.87. The largest absolute Gasteiger partial charge is 0.379 e. The fourth-order valence-electron chi connectivity index (χ4n) is 3.52. The Morgan fingerprint density at radius 3 is 2.55 bits per heavy atom. The van der Waals surface area contributed by atoms with E-state index in [0.29, 0.717) is 23.9 Å². The summed E-state index contributed by atoms with van der Waals surface area (Å²) in [5, 5.41) is 4.56. The molecule has 1 aromatic rings. The van der Waals surface area contributed by atoms with Crippen LogP contribution in [0.25, 0.3) is 0 Å². The van der Waals surface area contributed by atoms with Gasteiger partial charge in [-0.2, -0.15) is 5.10 Å². The Hall–Kier alpha value is -0.910. The van der Waals surface area contributed by atoms with Crippen LogP contribution in [0.1, 0.15) is 36.2 Å². The number of ether oxygens (including phenoxy) is 1. The number of hydrogen-bond donors (Lipinski definition) is 0. The summed E-state index contributed by atoms with van der Waals surface area (Å²) in [6.07, 6.45) is 5.56. The zero-order chi connectivity index (χ0) is 14.2. The Morgan fingerprint density at radius 2 is 2.00 bits per heavy atom. The van der Waals surface area contributed by atoms with E-state index >= 15 is 0 Å². The normalized spacial score (nSPS) is 23.1. The number of carbonyl (C=O) groups is 1. The van der Waals surface area contributed by atoms with E-state index in [1.54, 1.807) is 17.9 Å². The SMILES string of the molecule is Cn1ncc(Cl)c1C(=O)C1(N2CCOCC2)CCCC1. The van der Waals surface area contributed by atoms with Crippen LogP contribution in [0.4, 0.5) is 0 Å². The lowest BCUT2D eigenvalue weighted by Crippen LogP contribution is -2.57. The molecule has 1 saturated heterocycles. The van der Waals surface area contributed by atoms with Crippen LogP contribution in [0.15, 0.2) is 6.20 Å². The van der Waals surface area contributed by atoms with Crippen molar-refractivity contribution in [3.8, 4) is 0 Å². The van der Waals surface area contributed by atoms with Gasteiger partial charge in [0.2, 0.25) is 5.78 Å². The number of ketones is 1. The molecule has 2 fully saturated rings. The molecule has 3 rings (SSSR count). The maximum atomic E-state index is 13.1. The van der Waals surface area contributed by atoms with Gasteiger partial charge in [0, 0.05) is 20.1 Å². The fourth-order valence-corrected chi connectivity index (χ4v) is 3.78. The lowest BCUT2D eigenvalue weighted by molar-refractivity contribution is -0.0133. The Labute approximate surface area is 123 Å². The predicted octanol–water partition coefficient (Wildman–Crippen LogP) is 1.90. The molecule has 1 saturated carbocycles. The van der Waals surface area contributed by atoms with Crippen LogP contribution in [0.5, 0.6) is 0 Å². The van der Waals surface area contributed by atoms with Crippen molar-refractivity contribution in [2.45, 2.75) is 31.2 Å². The van der Waals surface area contributed by atoms with E-state index in [-0.39, 0.29) is 5.78 Å². The Balaban J connectivity index is 1.96. The zero-order valence-electron chi connectivity index (χ0n) is 11.8. The predicted molar refractivity (Wildman–Crippen MR) is 76.1 cm³/mol. The van der Waals surface area contributed by atoms with Crippen molar-refractivity contribution in [3.63, 3.8) is 0 Å². The number of aromatic nitrogens is 2. The van der Waals surface area contributed by atoms with Crippen LogP contribution in [0.3, 0.4) is 0 Å². The monoisotopic (exact) mass is 297 g/mol. The molecule has 6 heteroatoms. The number of hydrogen-bond acceptors (Lipinski definition) is 4. The highest BCUT2D eigenvalue weighted by Gasteiger charge is 2.48. The van der Waals surface area contributed by atoms with Crippen LogP contribution < -0.4 is 0 Å². The van der Waals surface area contributed by atoms with E-state index in [9.17, 15) is 4.79 Å². The van der Waals surface area contributed by atoms with Gasteiger partial charge in [0.05, 0.1) is 30.0 Å². The van der Waals surface area contributed by atoms with Crippen LogP contribution in [0.2, 0.25) is 5.02 Å². The molecule has 2 heterocycles. The molecule has 0 spiro atoms. The number of morpholine rings is 1. The molecule has 110 valence electrons. The van der Waals surface area contributed by atoms with Crippen LogP contribution in [0, 0.1) is 0 Å². The topological polar surface area (TPSA) is 47.4 Å². The van der Waals surface area contributed by atoms with Crippen LogP contribution in [-0.2, 0) is 11.8 Å². The van der Waals surface area contributed by atoms with Crippen molar-refractivity contribution in [2.24, 2.45) is 7.05 Å². The maximum absolute atomic E-state index is 13.1. The molecule has 5 nitrogen and oxygen atoms in total. The second-order valence-corrected chi connectivity index (χ2v) is 6.04. The summed E-state index contributed by atoms with van der Waals surface area (Å²) in [6, 6.07) is 0. The first kappa shape index (κ1) is 14.0. The summed E-state index contributed by atoms with van der Waals surface area (Å²) < 4.78 is 7.03. The van der Waals surface area contributed by atoms with Crippen molar-refractivity contribution in [3.05, 3.63) is 16.9 Å². The Kier molecular flexibility index (Phi) is 3.84. The molecule has 0 bridgehead atoms. The standard InChI is InChI=1S/C14H20ClN3O2/c1-17-12(11(15)10-16-17)13(19)14(4-2-3-5-14)18-6-8-20-9-7-18/h10H,2-9H2,1H3. The first-order valence-corrected chi connectivity index (χ1v) is 7.58. The Morgan fingerprint density at radius 1 is 1.35 bits per heavy atom. The molecule has 20 heavy (non-hydrogen) atoms. The third kappa shape index (κ3) is 2.18. The van der Waals surface area contributed by atoms with Crippen LogP contribution in [-0.4, -0.2) is 52.3 Å². The number of halogens is 1. The van der Waals surface area contributed by atoms with Gasteiger partial charge in [-0.15, -0.1) is 0 Å². The minimum Gasteiger partial charge on any atom is -0.379 e. The lowest BCUT2D eigenvalue weighted by Gasteiger charge is -2.42. The number of carbonyl (C=O) groups excluding carboxylic acids is 1. The van der Waals surface area contributed by atoms with Gasteiger partial charge in [0.15, 0.2) is 0 Å². The van der Waals surface area contributed by atoms with Gasteiger partial charge in [-0.25, -0.2) is 0 Å². The summed E-state index contributed by atoms with van der Waals surface area (Å²) in [6.45, 7) is 3.05. The number of aryl methyl sites for hydroxylation is 1. The van der Waals surface area contributed by atoms with E-state index in [1.807, 2.05) is 0 Å². The van der Waals surface area contributed by atoms with Crippen molar-refractivity contribution in [1.29, 1.82) is 0 Å². The second kappa shape index (κ2) is 5.47. The maximum Gasteiger partial charge on any atom is 0.202 e. The highest BCUT2D eigenvalue weighted by atomic mass is 35.5. The summed E-state index contributed by atoms with van der Waals surface area (Å²) in [5.74, 6) is 0.127. The highest BCUT2D eigenvalue weighted by Crippen LogP contribution is 2.39. The molecule has 0 radical (unpaired) electrons. The summed E-state index contributed by atoms with van der Waals surface area (Å²) in [5.41, 5.74) is 0.140. The van der Waals surface area contributed by atoms with Crippen LogP contribution >= 0.6 is 11.6 Å². The first-order valence-electron chi connectivity index (χ1n) is 7.20. The van der Waals surface area contributed by atoms with Crippen molar-refractivity contribution < 1.29 is 9.53 Å². The van der Waals surface area contributed by atoms with Gasteiger partial charge in [0.25, 0.3) is 0 Å². The van der Waals surface area contributed by atoms with Gasteiger partial charge < -0.3 is 4.74 Å². The smallest absolute Gasteiger partial charge is 0.202 e. The second-order valence-electron chi connectivity index (χ2n) is 5.63. The molecule has 2 aliphatic rings. The first-order chi connectivity index (χ1) is 9.65. The number of Topliss-reactive ketones (excluding diaryl/α,β-unsaturated/α-hetero) is 1. The number of rotatable bonds is 3. The van der Waals surface area contributed by atoms with Gasteiger partial charge in [-0.1, -0.05) is 24.4 Å². The molecule has 0 atom stereocenters. The van der Waals surface area contributed by atoms with Gasteiger partial charge in [0.1, 0.15) is 5.69 Å². The molecule has 0 aromatic carbocycles. The summed E-state index contributed by atoms with van der Waals surface area (Å²) >= 11 is 6.17. The van der Waals surface area contributed by atoms with E-state index in [0.717, 1.165) is 38.8 Å². The molecular weight excluding hydrogens is 278 g/mol. The number of nitrogens with zero attached hydrogens (tertiary/aromatic N) is 3. The van der Waals surface area contributed by atoms with Gasteiger partial charge >= 0.3 is 0 Å². The average Bonchev–Trinajstić information content (AvgIpc) is 3.08. The van der Waals surface area contributed by atoms with Gasteiger partial charge in [-0.05, 0) is 12.8 Å². The molecule has 0 unspecified atom stereocenters. The quantitative estimate of drug-likeness (QED) is 0.800. The van der Waals surface area contributed by atoms with E-state index in [1.165, 1.54) is 0 Å². The van der Waals surface area contributed by atoms with Crippen molar-refractivity contribution >= 4 is 17.4 Å². The molecule has 1 aliphatic carbocycles.